The quantitative estimate of drug-likeness (QED) is 0.894. The van der Waals surface area contributed by atoms with Crippen LogP contribution in [0.4, 0.5) is 10.5 Å². The number of amides is 3. The summed E-state index contributed by atoms with van der Waals surface area (Å²) in [4.78, 5) is 25.2. The van der Waals surface area contributed by atoms with E-state index in [2.05, 4.69) is 12.2 Å². The monoisotopic (exact) mass is 339 g/mol. The van der Waals surface area contributed by atoms with Gasteiger partial charge in [0.05, 0.1) is 0 Å². The lowest BCUT2D eigenvalue weighted by Gasteiger charge is -2.17. The molecule has 1 saturated heterocycles. The number of nitrogens with two attached hydrogens (primary N) is 1. The molecule has 3 N–H and O–H groups in total. The van der Waals surface area contributed by atoms with Crippen molar-refractivity contribution in [1.29, 1.82) is 0 Å². The maximum Gasteiger partial charge on any atom is 0.321 e. The molecule has 25 heavy (non-hydrogen) atoms. The summed E-state index contributed by atoms with van der Waals surface area (Å²) in [6.45, 7) is 3.74. The molecule has 3 rings (SSSR count). The third kappa shape index (κ3) is 4.29. The van der Waals surface area contributed by atoms with Gasteiger partial charge in [-0.15, -0.1) is 0 Å². The van der Waals surface area contributed by atoms with Gasteiger partial charge in [-0.3, -0.25) is 4.79 Å². The minimum Gasteiger partial charge on any atom is -0.457 e. The third-order valence-corrected chi connectivity index (χ3v) is 4.17. The summed E-state index contributed by atoms with van der Waals surface area (Å²) in [7, 11) is 0. The molecule has 0 radical (unpaired) electrons. The standard InChI is InChI=1S/C19H21N3O3/c1-13-9-10-22(12-13)19(24)21-15-5-7-16(8-6-15)25-17-4-2-3-14(11-17)18(20)23/h2-8,11,13H,9-10,12H2,1H3,(H2,20,23)(H,21,24). The van der Waals surface area contributed by atoms with Gasteiger partial charge in [0.25, 0.3) is 0 Å². The predicted molar refractivity (Wildman–Crippen MR) is 95.8 cm³/mol. The minimum absolute atomic E-state index is 0.0767. The van der Waals surface area contributed by atoms with E-state index in [0.717, 1.165) is 19.5 Å². The van der Waals surface area contributed by atoms with Gasteiger partial charge in [-0.1, -0.05) is 13.0 Å². The fraction of sp³-hybridized carbons (Fsp3) is 0.263. The van der Waals surface area contributed by atoms with Gasteiger partial charge in [-0.25, -0.2) is 4.79 Å². The Morgan fingerprint density at radius 1 is 1.16 bits per heavy atom. The first-order valence-electron chi connectivity index (χ1n) is 8.25. The van der Waals surface area contributed by atoms with Gasteiger partial charge in [0, 0.05) is 24.3 Å². The van der Waals surface area contributed by atoms with Crippen LogP contribution < -0.4 is 15.8 Å². The van der Waals surface area contributed by atoms with Crippen LogP contribution in [0.2, 0.25) is 0 Å². The lowest BCUT2D eigenvalue weighted by atomic mass is 10.2. The van der Waals surface area contributed by atoms with Crippen molar-refractivity contribution in [2.75, 3.05) is 18.4 Å². The highest BCUT2D eigenvalue weighted by atomic mass is 16.5. The Bertz CT molecular complexity index is 774. The first-order valence-corrected chi connectivity index (χ1v) is 8.25. The molecule has 1 fully saturated rings. The summed E-state index contributed by atoms with van der Waals surface area (Å²) in [6, 6.07) is 13.7. The van der Waals surface area contributed by atoms with E-state index in [4.69, 9.17) is 10.5 Å². The number of likely N-dealkylation sites (tertiary alicyclic amines) is 1. The second-order valence-corrected chi connectivity index (χ2v) is 6.29. The molecular formula is C19H21N3O3. The molecule has 0 aromatic heterocycles. The first kappa shape index (κ1) is 16.8. The van der Waals surface area contributed by atoms with E-state index in [9.17, 15) is 9.59 Å². The highest BCUT2D eigenvalue weighted by Crippen LogP contribution is 2.24. The number of rotatable bonds is 4. The Labute approximate surface area is 146 Å². The lowest BCUT2D eigenvalue weighted by molar-refractivity contribution is 0.1000. The van der Waals surface area contributed by atoms with Crippen LogP contribution in [-0.4, -0.2) is 29.9 Å². The lowest BCUT2D eigenvalue weighted by Crippen LogP contribution is -2.32. The second-order valence-electron chi connectivity index (χ2n) is 6.29. The fourth-order valence-corrected chi connectivity index (χ4v) is 2.78. The molecule has 0 spiro atoms. The van der Waals surface area contributed by atoms with E-state index in [1.807, 2.05) is 4.90 Å². The molecule has 1 aliphatic heterocycles. The van der Waals surface area contributed by atoms with Crippen LogP contribution in [0.15, 0.2) is 48.5 Å². The van der Waals surface area contributed by atoms with Crippen molar-refractivity contribution < 1.29 is 14.3 Å². The summed E-state index contributed by atoms with van der Waals surface area (Å²) < 4.78 is 5.71. The average molecular weight is 339 g/mol. The molecule has 6 nitrogen and oxygen atoms in total. The predicted octanol–water partition coefficient (Wildman–Crippen LogP) is 3.45. The van der Waals surface area contributed by atoms with Gasteiger partial charge in [0.15, 0.2) is 0 Å². The number of carbonyl (C=O) groups is 2. The number of nitrogens with zero attached hydrogens (tertiary/aromatic N) is 1. The van der Waals surface area contributed by atoms with Crippen molar-refractivity contribution >= 4 is 17.6 Å². The summed E-state index contributed by atoms with van der Waals surface area (Å²) in [6.07, 6.45) is 1.05. The van der Waals surface area contributed by atoms with E-state index < -0.39 is 5.91 Å². The fourth-order valence-electron chi connectivity index (χ4n) is 2.78. The number of hydrogen-bond acceptors (Lipinski definition) is 3. The van der Waals surface area contributed by atoms with Gasteiger partial charge >= 0.3 is 6.03 Å². The average Bonchev–Trinajstić information content (AvgIpc) is 3.03. The number of urea groups is 1. The maximum atomic E-state index is 12.2. The van der Waals surface area contributed by atoms with Crippen LogP contribution in [0.1, 0.15) is 23.7 Å². The van der Waals surface area contributed by atoms with E-state index in [1.165, 1.54) is 0 Å². The van der Waals surface area contributed by atoms with E-state index >= 15 is 0 Å². The molecule has 1 atom stereocenters. The zero-order valence-electron chi connectivity index (χ0n) is 14.1. The summed E-state index contributed by atoms with van der Waals surface area (Å²) >= 11 is 0. The van der Waals surface area contributed by atoms with Crippen LogP contribution in [0.3, 0.4) is 0 Å². The minimum atomic E-state index is -0.500. The van der Waals surface area contributed by atoms with Crippen LogP contribution in [0.5, 0.6) is 11.5 Å². The molecule has 2 aromatic rings. The van der Waals surface area contributed by atoms with Crippen molar-refractivity contribution in [2.24, 2.45) is 11.7 Å². The van der Waals surface area contributed by atoms with Crippen molar-refractivity contribution in [1.82, 2.24) is 4.90 Å². The Kier molecular flexibility index (Phi) is 4.88. The molecular weight excluding hydrogens is 318 g/mol. The van der Waals surface area contributed by atoms with Gasteiger partial charge in [0.2, 0.25) is 5.91 Å². The molecule has 0 bridgehead atoms. The van der Waals surface area contributed by atoms with Crippen molar-refractivity contribution in [3.8, 4) is 11.5 Å². The number of nitrogens with one attached hydrogen (secondary N) is 1. The van der Waals surface area contributed by atoms with E-state index in [0.29, 0.717) is 28.7 Å². The molecule has 2 aromatic carbocycles. The highest BCUT2D eigenvalue weighted by molar-refractivity contribution is 5.93. The topological polar surface area (TPSA) is 84.7 Å². The van der Waals surface area contributed by atoms with Crippen LogP contribution >= 0.6 is 0 Å². The van der Waals surface area contributed by atoms with Gasteiger partial charge in [-0.2, -0.15) is 0 Å². The molecule has 3 amide bonds. The van der Waals surface area contributed by atoms with Crippen molar-refractivity contribution in [3.63, 3.8) is 0 Å². The van der Waals surface area contributed by atoms with E-state index in [1.54, 1.807) is 48.5 Å². The molecule has 6 heteroatoms. The number of primary amides is 1. The number of hydrogen-bond donors (Lipinski definition) is 2. The highest BCUT2D eigenvalue weighted by Gasteiger charge is 2.23. The Morgan fingerprint density at radius 3 is 2.56 bits per heavy atom. The summed E-state index contributed by atoms with van der Waals surface area (Å²) in [5, 5.41) is 2.89. The summed E-state index contributed by atoms with van der Waals surface area (Å²) in [5.41, 5.74) is 6.36. The Balaban J connectivity index is 1.61. The zero-order valence-corrected chi connectivity index (χ0v) is 14.1. The number of anilines is 1. The van der Waals surface area contributed by atoms with Crippen LogP contribution in [0.25, 0.3) is 0 Å². The second kappa shape index (κ2) is 7.25. The van der Waals surface area contributed by atoms with Gasteiger partial charge in [-0.05, 0) is 54.8 Å². The third-order valence-electron chi connectivity index (χ3n) is 4.17. The molecule has 0 saturated carbocycles. The summed E-state index contributed by atoms with van der Waals surface area (Å²) in [5.74, 6) is 1.19. The van der Waals surface area contributed by atoms with Crippen LogP contribution in [0, 0.1) is 5.92 Å². The van der Waals surface area contributed by atoms with Gasteiger partial charge < -0.3 is 20.7 Å². The number of carbonyl (C=O) groups excluding carboxylic acids is 2. The first-order chi connectivity index (χ1) is 12.0. The Hall–Kier alpha value is -3.02. The van der Waals surface area contributed by atoms with Gasteiger partial charge in [0.1, 0.15) is 11.5 Å². The number of benzene rings is 2. The molecule has 1 heterocycles. The molecule has 0 aliphatic carbocycles. The molecule has 130 valence electrons. The van der Waals surface area contributed by atoms with Crippen molar-refractivity contribution in [3.05, 3.63) is 54.1 Å². The molecule has 1 aliphatic rings. The SMILES string of the molecule is CC1CCN(C(=O)Nc2ccc(Oc3cccc(C(N)=O)c3)cc2)C1. The largest absolute Gasteiger partial charge is 0.457 e. The maximum absolute atomic E-state index is 12.2. The zero-order chi connectivity index (χ0) is 17.8. The van der Waals surface area contributed by atoms with E-state index in [-0.39, 0.29) is 6.03 Å². The smallest absolute Gasteiger partial charge is 0.321 e. The van der Waals surface area contributed by atoms with Crippen molar-refractivity contribution in [2.45, 2.75) is 13.3 Å². The molecule has 1 unspecified atom stereocenters. The number of ether oxygens (including phenoxy) is 1. The Morgan fingerprint density at radius 2 is 1.92 bits per heavy atom. The van der Waals surface area contributed by atoms with Crippen LogP contribution in [-0.2, 0) is 0 Å². The normalized spacial score (nSPS) is 16.5.